The van der Waals surface area contributed by atoms with Gasteiger partial charge in [-0.15, -0.1) is 0 Å². The van der Waals surface area contributed by atoms with Crippen molar-refractivity contribution in [3.63, 3.8) is 0 Å². The predicted molar refractivity (Wildman–Crippen MR) is 140 cm³/mol. The van der Waals surface area contributed by atoms with Gasteiger partial charge in [0.25, 0.3) is 0 Å². The van der Waals surface area contributed by atoms with Crippen LogP contribution >= 0.6 is 0 Å². The molecule has 5 rings (SSSR count). The lowest BCUT2D eigenvalue weighted by Gasteiger charge is -2.35. The van der Waals surface area contributed by atoms with Crippen LogP contribution in [-0.4, -0.2) is 47.7 Å². The van der Waals surface area contributed by atoms with Gasteiger partial charge in [-0.1, -0.05) is 6.07 Å². The van der Waals surface area contributed by atoms with E-state index >= 15 is 0 Å². The van der Waals surface area contributed by atoms with Crippen LogP contribution in [-0.2, 0) is 9.53 Å². The molecule has 3 amide bonds. The Morgan fingerprint density at radius 1 is 0.972 bits per heavy atom. The fraction of sp³-hybridized carbons (Fsp3) is 0.393. The zero-order chi connectivity index (χ0) is 25.4. The number of benzene rings is 2. The molecule has 3 heterocycles. The van der Waals surface area contributed by atoms with Gasteiger partial charge in [0.2, 0.25) is 5.91 Å². The van der Waals surface area contributed by atoms with Crippen LogP contribution in [0.1, 0.15) is 56.4 Å². The third-order valence-electron chi connectivity index (χ3n) is 6.81. The van der Waals surface area contributed by atoms with Gasteiger partial charge < -0.3 is 14.2 Å². The van der Waals surface area contributed by atoms with Crippen LogP contribution < -0.4 is 15.1 Å². The second kappa shape index (κ2) is 9.33. The Morgan fingerprint density at radius 2 is 1.69 bits per heavy atom. The topological polar surface area (TPSA) is 83.9 Å². The monoisotopic (exact) mass is 488 g/mol. The van der Waals surface area contributed by atoms with Crippen molar-refractivity contribution in [3.8, 4) is 0 Å². The highest BCUT2D eigenvalue weighted by atomic mass is 16.6. The number of imide groups is 1. The standard InChI is InChI=1S/C28H32N4O4/c1-28(2,3)36-26(34)19-7-9-20(10-8-19)30-15-11-21(12-16-30)31-17-13-22-23(31)5-4-6-24(22)32-18-14-25(33)29-27(32)35/h4-10,13,17,21H,11-12,14-16,18H2,1-3H3,(H,29,33,35). The zero-order valence-corrected chi connectivity index (χ0v) is 21.0. The van der Waals surface area contributed by atoms with Crippen LogP contribution in [0.2, 0.25) is 0 Å². The highest BCUT2D eigenvalue weighted by Crippen LogP contribution is 2.34. The second-order valence-electron chi connectivity index (χ2n) is 10.5. The zero-order valence-electron chi connectivity index (χ0n) is 21.0. The van der Waals surface area contributed by atoms with Gasteiger partial charge in [0.15, 0.2) is 0 Å². The molecule has 8 nitrogen and oxygen atoms in total. The quantitative estimate of drug-likeness (QED) is 0.529. The molecule has 0 unspecified atom stereocenters. The molecule has 188 valence electrons. The number of hydrogen-bond acceptors (Lipinski definition) is 5. The number of fused-ring (bicyclic) bond motifs is 1. The lowest BCUT2D eigenvalue weighted by molar-refractivity contribution is -0.120. The molecule has 1 N–H and O–H groups in total. The third-order valence-corrected chi connectivity index (χ3v) is 6.81. The number of carbonyl (C=O) groups is 3. The maximum Gasteiger partial charge on any atom is 0.338 e. The summed E-state index contributed by atoms with van der Waals surface area (Å²) < 4.78 is 7.78. The van der Waals surface area contributed by atoms with Gasteiger partial charge in [-0.25, -0.2) is 9.59 Å². The van der Waals surface area contributed by atoms with Crippen LogP contribution in [0.5, 0.6) is 0 Å². The van der Waals surface area contributed by atoms with E-state index in [0.717, 1.165) is 48.2 Å². The first-order valence-corrected chi connectivity index (χ1v) is 12.5. The van der Waals surface area contributed by atoms with Gasteiger partial charge in [-0.3, -0.25) is 15.0 Å². The molecule has 0 radical (unpaired) electrons. The number of aromatic nitrogens is 1. The Balaban J connectivity index is 1.27. The van der Waals surface area contributed by atoms with Crippen molar-refractivity contribution in [3.05, 3.63) is 60.3 Å². The van der Waals surface area contributed by atoms with Crippen molar-refractivity contribution in [1.82, 2.24) is 9.88 Å². The van der Waals surface area contributed by atoms with E-state index in [2.05, 4.69) is 33.1 Å². The van der Waals surface area contributed by atoms with Crippen LogP contribution in [0.3, 0.4) is 0 Å². The molecule has 8 heteroatoms. The molecular formula is C28H32N4O4. The summed E-state index contributed by atoms with van der Waals surface area (Å²) in [4.78, 5) is 40.3. The van der Waals surface area contributed by atoms with Gasteiger partial charge in [-0.05, 0) is 76.1 Å². The van der Waals surface area contributed by atoms with Crippen LogP contribution in [0.4, 0.5) is 16.2 Å². The minimum absolute atomic E-state index is 0.229. The maximum absolute atomic E-state index is 12.4. The number of nitrogens with zero attached hydrogens (tertiary/aromatic N) is 3. The molecule has 2 aromatic carbocycles. The molecule has 1 aromatic heterocycles. The number of amides is 3. The number of esters is 1. The maximum atomic E-state index is 12.4. The van der Waals surface area contributed by atoms with E-state index in [0.29, 0.717) is 24.6 Å². The summed E-state index contributed by atoms with van der Waals surface area (Å²) >= 11 is 0. The summed E-state index contributed by atoms with van der Waals surface area (Å²) in [6.45, 7) is 7.80. The third kappa shape index (κ3) is 4.80. The van der Waals surface area contributed by atoms with E-state index < -0.39 is 5.60 Å². The molecule has 0 aliphatic carbocycles. The largest absolute Gasteiger partial charge is 0.456 e. The lowest BCUT2D eigenvalue weighted by Crippen LogP contribution is -2.49. The lowest BCUT2D eigenvalue weighted by atomic mass is 10.0. The summed E-state index contributed by atoms with van der Waals surface area (Å²) in [5, 5.41) is 3.43. The number of hydrogen-bond donors (Lipinski definition) is 1. The molecular weight excluding hydrogens is 456 g/mol. The van der Waals surface area contributed by atoms with Gasteiger partial charge in [0.1, 0.15) is 5.60 Å². The summed E-state index contributed by atoms with van der Waals surface area (Å²) in [5.74, 6) is -0.535. The number of piperidine rings is 1. The first-order valence-electron chi connectivity index (χ1n) is 12.5. The minimum atomic E-state index is -0.514. The molecule has 0 spiro atoms. The summed E-state index contributed by atoms with van der Waals surface area (Å²) in [6.07, 6.45) is 4.39. The second-order valence-corrected chi connectivity index (χ2v) is 10.5. The predicted octanol–water partition coefficient (Wildman–Crippen LogP) is 4.88. The number of ether oxygens (including phenoxy) is 1. The average Bonchev–Trinajstić information content (AvgIpc) is 3.28. The van der Waals surface area contributed by atoms with Crippen molar-refractivity contribution in [2.45, 2.75) is 51.7 Å². The van der Waals surface area contributed by atoms with E-state index in [1.165, 1.54) is 0 Å². The first-order chi connectivity index (χ1) is 17.2. The van der Waals surface area contributed by atoms with E-state index in [9.17, 15) is 14.4 Å². The van der Waals surface area contributed by atoms with Crippen LogP contribution in [0, 0.1) is 0 Å². The Hall–Kier alpha value is -3.81. The van der Waals surface area contributed by atoms with Crippen LogP contribution in [0.25, 0.3) is 10.9 Å². The number of urea groups is 1. The summed E-state index contributed by atoms with van der Waals surface area (Å²) in [7, 11) is 0. The summed E-state index contributed by atoms with van der Waals surface area (Å²) in [5.41, 5.74) is 3.08. The Bertz CT molecular complexity index is 1300. The Kier molecular flexibility index (Phi) is 6.20. The molecule has 2 aliphatic rings. The Labute approximate surface area is 210 Å². The molecule has 0 bridgehead atoms. The minimum Gasteiger partial charge on any atom is -0.456 e. The first kappa shape index (κ1) is 23.9. The van der Waals surface area contributed by atoms with Gasteiger partial charge in [0.05, 0.1) is 16.8 Å². The molecule has 36 heavy (non-hydrogen) atoms. The highest BCUT2D eigenvalue weighted by Gasteiger charge is 2.27. The Morgan fingerprint density at radius 3 is 2.36 bits per heavy atom. The highest BCUT2D eigenvalue weighted by molar-refractivity contribution is 6.09. The van der Waals surface area contributed by atoms with Crippen molar-refractivity contribution in [1.29, 1.82) is 0 Å². The smallest absolute Gasteiger partial charge is 0.338 e. The summed E-state index contributed by atoms with van der Waals surface area (Å²) in [6, 6.07) is 15.7. The molecule has 2 fully saturated rings. The average molecular weight is 489 g/mol. The number of anilines is 2. The fourth-order valence-electron chi connectivity index (χ4n) is 5.07. The van der Waals surface area contributed by atoms with Crippen molar-refractivity contribution >= 4 is 40.2 Å². The molecule has 0 saturated carbocycles. The fourth-order valence-corrected chi connectivity index (χ4v) is 5.07. The van der Waals surface area contributed by atoms with E-state index in [4.69, 9.17) is 4.74 Å². The van der Waals surface area contributed by atoms with Crippen molar-refractivity contribution in [2.75, 3.05) is 29.4 Å². The van der Waals surface area contributed by atoms with Crippen LogP contribution in [0.15, 0.2) is 54.7 Å². The van der Waals surface area contributed by atoms with Gasteiger partial charge in [0, 0.05) is 49.4 Å². The van der Waals surface area contributed by atoms with Gasteiger partial charge >= 0.3 is 12.0 Å². The number of nitrogens with one attached hydrogen (secondary N) is 1. The van der Waals surface area contributed by atoms with E-state index in [1.54, 1.807) is 4.90 Å². The molecule has 0 atom stereocenters. The van der Waals surface area contributed by atoms with Crippen molar-refractivity contribution < 1.29 is 19.1 Å². The number of carbonyl (C=O) groups excluding carboxylic acids is 3. The molecule has 3 aromatic rings. The molecule has 2 saturated heterocycles. The van der Waals surface area contributed by atoms with E-state index in [1.807, 2.05) is 57.2 Å². The normalized spacial score (nSPS) is 17.4. The van der Waals surface area contributed by atoms with E-state index in [-0.39, 0.29) is 17.9 Å². The SMILES string of the molecule is CC(C)(C)OC(=O)c1ccc(N2CCC(n3ccc4c(N5CCC(=O)NC5=O)cccc43)CC2)cc1. The molecule has 2 aliphatic heterocycles. The van der Waals surface area contributed by atoms with Crippen molar-refractivity contribution in [2.24, 2.45) is 0 Å². The number of rotatable bonds is 4. The van der Waals surface area contributed by atoms with Gasteiger partial charge in [-0.2, -0.15) is 0 Å².